The summed E-state index contributed by atoms with van der Waals surface area (Å²) in [6, 6.07) is 0. The van der Waals surface area contributed by atoms with Crippen molar-refractivity contribution in [3.05, 3.63) is 10.4 Å². The standard InChI is InChI=1S/C13H19N3O4/c1-2-19-10(17)12-7-11(8-12,9-15-16-14)20-13(12)3-5-18-6-4-13/h2-9H2,1H3. The summed E-state index contributed by atoms with van der Waals surface area (Å²) < 4.78 is 17.0. The van der Waals surface area contributed by atoms with E-state index in [1.165, 1.54) is 0 Å². The lowest BCUT2D eigenvalue weighted by Crippen LogP contribution is -2.57. The number of azide groups is 1. The zero-order chi connectivity index (χ0) is 14.3. The van der Waals surface area contributed by atoms with Crippen LogP contribution in [0.5, 0.6) is 0 Å². The van der Waals surface area contributed by atoms with Gasteiger partial charge in [-0.15, -0.1) is 0 Å². The molecule has 0 N–H and O–H groups in total. The van der Waals surface area contributed by atoms with Crippen LogP contribution >= 0.6 is 0 Å². The monoisotopic (exact) mass is 281 g/mol. The molecule has 4 rings (SSSR count). The highest BCUT2D eigenvalue weighted by atomic mass is 16.6. The first kappa shape index (κ1) is 13.7. The number of nitrogens with zero attached hydrogens (tertiary/aromatic N) is 3. The van der Waals surface area contributed by atoms with Gasteiger partial charge in [-0.05, 0) is 25.3 Å². The number of rotatable bonds is 4. The van der Waals surface area contributed by atoms with Crippen molar-refractivity contribution in [1.29, 1.82) is 0 Å². The fourth-order valence-electron chi connectivity index (χ4n) is 4.14. The fourth-order valence-corrected chi connectivity index (χ4v) is 4.14. The van der Waals surface area contributed by atoms with Gasteiger partial charge in [-0.3, -0.25) is 4.79 Å². The predicted octanol–water partition coefficient (Wildman–Crippen LogP) is 1.96. The molecule has 7 heteroatoms. The number of carbonyl (C=O) groups excluding carboxylic acids is 1. The van der Waals surface area contributed by atoms with E-state index in [1.54, 1.807) is 0 Å². The van der Waals surface area contributed by atoms with Crippen LogP contribution in [0.15, 0.2) is 5.11 Å². The number of ether oxygens (including phenoxy) is 3. The smallest absolute Gasteiger partial charge is 0.315 e. The molecule has 20 heavy (non-hydrogen) atoms. The molecule has 7 nitrogen and oxygen atoms in total. The minimum absolute atomic E-state index is 0.170. The van der Waals surface area contributed by atoms with Crippen LogP contribution in [0.4, 0.5) is 0 Å². The number of carbonyl (C=O) groups is 1. The molecule has 2 bridgehead atoms. The van der Waals surface area contributed by atoms with E-state index in [4.69, 9.17) is 19.7 Å². The molecular formula is C13H19N3O4. The zero-order valence-corrected chi connectivity index (χ0v) is 11.6. The van der Waals surface area contributed by atoms with E-state index in [9.17, 15) is 4.79 Å². The summed E-state index contributed by atoms with van der Waals surface area (Å²) in [5.74, 6) is -0.170. The van der Waals surface area contributed by atoms with Gasteiger partial charge in [-0.25, -0.2) is 0 Å². The highest BCUT2D eigenvalue weighted by molar-refractivity contribution is 5.81. The van der Waals surface area contributed by atoms with Crippen molar-refractivity contribution in [3.8, 4) is 0 Å². The lowest BCUT2D eigenvalue weighted by atomic mass is 9.54. The minimum atomic E-state index is -0.572. The van der Waals surface area contributed by atoms with Crippen molar-refractivity contribution >= 4 is 5.97 Å². The van der Waals surface area contributed by atoms with Crippen LogP contribution in [-0.2, 0) is 19.0 Å². The first-order valence-electron chi connectivity index (χ1n) is 7.08. The maximum atomic E-state index is 12.4. The lowest BCUT2D eigenvalue weighted by Gasteiger charge is -2.46. The summed E-state index contributed by atoms with van der Waals surface area (Å²) in [4.78, 5) is 15.3. The number of hydrogen-bond acceptors (Lipinski definition) is 5. The molecule has 3 heterocycles. The Hall–Kier alpha value is -1.30. The molecule has 110 valence electrons. The van der Waals surface area contributed by atoms with Gasteiger partial charge in [-0.2, -0.15) is 0 Å². The third kappa shape index (κ3) is 1.67. The topological polar surface area (TPSA) is 93.5 Å². The molecule has 0 radical (unpaired) electrons. The Bertz CT molecular complexity index is 460. The molecule has 4 fully saturated rings. The molecular weight excluding hydrogens is 262 g/mol. The zero-order valence-electron chi connectivity index (χ0n) is 11.6. The van der Waals surface area contributed by atoms with Crippen LogP contribution in [0.25, 0.3) is 10.4 Å². The minimum Gasteiger partial charge on any atom is -0.465 e. The first-order valence-corrected chi connectivity index (χ1v) is 7.08. The van der Waals surface area contributed by atoms with Crippen LogP contribution in [0, 0.1) is 5.41 Å². The van der Waals surface area contributed by atoms with Crippen molar-refractivity contribution in [2.24, 2.45) is 10.5 Å². The van der Waals surface area contributed by atoms with Crippen molar-refractivity contribution in [2.75, 3.05) is 26.4 Å². The van der Waals surface area contributed by atoms with Crippen molar-refractivity contribution in [3.63, 3.8) is 0 Å². The Kier molecular flexibility index (Phi) is 3.16. The normalized spacial score (nSPS) is 37.0. The van der Waals surface area contributed by atoms with E-state index in [0.29, 0.717) is 45.5 Å². The van der Waals surface area contributed by atoms with Gasteiger partial charge in [0.1, 0.15) is 5.41 Å². The van der Waals surface area contributed by atoms with Crippen LogP contribution < -0.4 is 0 Å². The quantitative estimate of drug-likeness (QED) is 0.340. The lowest BCUT2D eigenvalue weighted by molar-refractivity contribution is -0.170. The summed E-state index contributed by atoms with van der Waals surface area (Å²) in [7, 11) is 0. The van der Waals surface area contributed by atoms with Crippen molar-refractivity contribution < 1.29 is 19.0 Å². The van der Waals surface area contributed by atoms with E-state index in [1.807, 2.05) is 6.92 Å². The predicted molar refractivity (Wildman–Crippen MR) is 68.9 cm³/mol. The van der Waals surface area contributed by atoms with Crippen LogP contribution in [0.1, 0.15) is 32.6 Å². The van der Waals surface area contributed by atoms with Gasteiger partial charge in [0, 0.05) is 31.0 Å². The van der Waals surface area contributed by atoms with E-state index >= 15 is 0 Å². The summed E-state index contributed by atoms with van der Waals surface area (Å²) in [6.45, 7) is 3.66. The average Bonchev–Trinajstić information content (AvgIpc) is 2.82. The van der Waals surface area contributed by atoms with Gasteiger partial charge < -0.3 is 14.2 Å². The molecule has 0 aromatic heterocycles. The SMILES string of the molecule is CCOC(=O)C12CC(CN=[N+]=[N-])(C1)OC21CCOCC1. The largest absolute Gasteiger partial charge is 0.465 e. The van der Waals surface area contributed by atoms with E-state index in [-0.39, 0.29) is 12.5 Å². The molecule has 1 saturated carbocycles. The van der Waals surface area contributed by atoms with Gasteiger partial charge in [0.15, 0.2) is 0 Å². The average molecular weight is 281 g/mol. The Labute approximate surface area is 117 Å². The molecule has 3 saturated heterocycles. The Morgan fingerprint density at radius 1 is 1.40 bits per heavy atom. The molecule has 0 unspecified atom stereocenters. The maximum Gasteiger partial charge on any atom is 0.315 e. The summed E-state index contributed by atoms with van der Waals surface area (Å²) in [5.41, 5.74) is 6.96. The van der Waals surface area contributed by atoms with E-state index in [0.717, 1.165) is 0 Å². The van der Waals surface area contributed by atoms with E-state index < -0.39 is 16.6 Å². The maximum absolute atomic E-state index is 12.4. The second kappa shape index (κ2) is 4.62. The van der Waals surface area contributed by atoms with Crippen LogP contribution in [0.3, 0.4) is 0 Å². The Balaban J connectivity index is 1.88. The van der Waals surface area contributed by atoms with Gasteiger partial charge in [-0.1, -0.05) is 5.11 Å². The van der Waals surface area contributed by atoms with Crippen molar-refractivity contribution in [1.82, 2.24) is 0 Å². The second-order valence-electron chi connectivity index (χ2n) is 5.94. The molecule has 0 aromatic carbocycles. The highest BCUT2D eigenvalue weighted by Crippen LogP contribution is 2.69. The molecule has 0 aromatic rings. The molecule has 1 aliphatic carbocycles. The van der Waals surface area contributed by atoms with Gasteiger partial charge in [0.2, 0.25) is 0 Å². The number of esters is 1. The van der Waals surface area contributed by atoms with E-state index in [2.05, 4.69) is 10.0 Å². The molecule has 4 aliphatic rings. The summed E-state index contributed by atoms with van der Waals surface area (Å²) in [5, 5.41) is 3.65. The Morgan fingerprint density at radius 2 is 2.10 bits per heavy atom. The molecule has 3 aliphatic heterocycles. The van der Waals surface area contributed by atoms with Gasteiger partial charge in [0.25, 0.3) is 0 Å². The summed E-state index contributed by atoms with van der Waals surface area (Å²) in [6.07, 6.45) is 2.59. The summed E-state index contributed by atoms with van der Waals surface area (Å²) >= 11 is 0. The second-order valence-corrected chi connectivity index (χ2v) is 5.94. The third-order valence-corrected chi connectivity index (χ3v) is 4.92. The molecule has 1 spiro atoms. The Morgan fingerprint density at radius 3 is 2.70 bits per heavy atom. The fraction of sp³-hybridized carbons (Fsp3) is 0.923. The van der Waals surface area contributed by atoms with Gasteiger partial charge >= 0.3 is 5.97 Å². The first-order chi connectivity index (χ1) is 9.62. The number of hydrogen-bond donors (Lipinski definition) is 0. The third-order valence-electron chi connectivity index (χ3n) is 4.92. The van der Waals surface area contributed by atoms with Crippen LogP contribution in [-0.4, -0.2) is 43.5 Å². The molecule has 0 atom stereocenters. The van der Waals surface area contributed by atoms with Gasteiger partial charge in [0.05, 0.1) is 24.4 Å². The highest BCUT2D eigenvalue weighted by Gasteiger charge is 2.78. The molecule has 0 amide bonds. The van der Waals surface area contributed by atoms with Crippen LogP contribution in [0.2, 0.25) is 0 Å². The van der Waals surface area contributed by atoms with Crippen molar-refractivity contribution in [2.45, 2.75) is 43.8 Å².